The lowest BCUT2D eigenvalue weighted by atomic mass is 9.90. The smallest absolute Gasteiger partial charge is 0.220 e. The van der Waals surface area contributed by atoms with E-state index in [0.29, 0.717) is 38.5 Å². The van der Waals surface area contributed by atoms with Crippen LogP contribution in [0.3, 0.4) is 0 Å². The van der Waals surface area contributed by atoms with E-state index in [2.05, 4.69) is 10.6 Å². The molecule has 2 heterocycles. The molecule has 1 unspecified atom stereocenters. The molecule has 2 aliphatic heterocycles. The van der Waals surface area contributed by atoms with E-state index in [-0.39, 0.29) is 12.5 Å². The highest BCUT2D eigenvalue weighted by atomic mass is 16.5. The van der Waals surface area contributed by atoms with E-state index in [1.165, 1.54) is 19.3 Å². The number of aliphatic hydroxyl groups excluding tert-OH is 1. The maximum atomic E-state index is 12.0. The molecule has 110 valence electrons. The summed E-state index contributed by atoms with van der Waals surface area (Å²) in [5.41, 5.74) is -0.449. The van der Waals surface area contributed by atoms with E-state index in [0.717, 1.165) is 13.0 Å². The highest BCUT2D eigenvalue weighted by molar-refractivity contribution is 5.76. The van der Waals surface area contributed by atoms with Gasteiger partial charge in [0.05, 0.1) is 12.1 Å². The summed E-state index contributed by atoms with van der Waals surface area (Å²) < 4.78 is 5.29. The van der Waals surface area contributed by atoms with Crippen molar-refractivity contribution in [2.75, 3.05) is 26.4 Å². The van der Waals surface area contributed by atoms with Gasteiger partial charge < -0.3 is 20.5 Å². The van der Waals surface area contributed by atoms with Crippen LogP contribution in [0.1, 0.15) is 44.9 Å². The number of piperidine rings is 1. The Morgan fingerprint density at radius 2 is 2.16 bits per heavy atom. The van der Waals surface area contributed by atoms with Crippen LogP contribution in [0.5, 0.6) is 0 Å². The maximum absolute atomic E-state index is 12.0. The predicted molar refractivity (Wildman–Crippen MR) is 72.9 cm³/mol. The molecule has 1 atom stereocenters. The number of carbonyl (C=O) groups excluding carboxylic acids is 1. The summed E-state index contributed by atoms with van der Waals surface area (Å²) in [4.78, 5) is 12.0. The Kier molecular flexibility index (Phi) is 5.60. The average molecular weight is 270 g/mol. The minimum absolute atomic E-state index is 0.00375. The molecule has 0 bridgehead atoms. The van der Waals surface area contributed by atoms with Crippen molar-refractivity contribution in [1.29, 1.82) is 0 Å². The minimum Gasteiger partial charge on any atom is -0.394 e. The summed E-state index contributed by atoms with van der Waals surface area (Å²) in [6.07, 6.45) is 6.53. The zero-order valence-electron chi connectivity index (χ0n) is 11.6. The van der Waals surface area contributed by atoms with Gasteiger partial charge in [-0.2, -0.15) is 0 Å². The third-order valence-corrected chi connectivity index (χ3v) is 4.29. The number of carbonyl (C=O) groups is 1. The molecule has 0 aromatic rings. The topological polar surface area (TPSA) is 70.6 Å². The van der Waals surface area contributed by atoms with Gasteiger partial charge in [-0.3, -0.25) is 4.79 Å². The van der Waals surface area contributed by atoms with Gasteiger partial charge in [-0.05, 0) is 38.6 Å². The molecule has 2 fully saturated rings. The summed E-state index contributed by atoms with van der Waals surface area (Å²) in [6.45, 7) is 2.31. The maximum Gasteiger partial charge on any atom is 0.220 e. The van der Waals surface area contributed by atoms with Crippen LogP contribution in [-0.4, -0.2) is 49.0 Å². The number of hydrogen-bond acceptors (Lipinski definition) is 4. The summed E-state index contributed by atoms with van der Waals surface area (Å²) in [5.74, 6) is 0.0586. The Bertz CT molecular complexity index is 284. The second-order valence-electron chi connectivity index (χ2n) is 5.78. The molecule has 0 spiro atoms. The first kappa shape index (κ1) is 14.8. The lowest BCUT2D eigenvalue weighted by Crippen LogP contribution is -2.54. The summed E-state index contributed by atoms with van der Waals surface area (Å²) in [7, 11) is 0. The van der Waals surface area contributed by atoms with Gasteiger partial charge in [0, 0.05) is 25.7 Å². The monoisotopic (exact) mass is 270 g/mol. The van der Waals surface area contributed by atoms with Crippen molar-refractivity contribution in [2.24, 2.45) is 0 Å². The third-order valence-electron chi connectivity index (χ3n) is 4.29. The molecule has 5 nitrogen and oxygen atoms in total. The van der Waals surface area contributed by atoms with Gasteiger partial charge in [0.25, 0.3) is 0 Å². The molecule has 5 heteroatoms. The molecular weight excluding hydrogens is 244 g/mol. The van der Waals surface area contributed by atoms with Crippen molar-refractivity contribution in [3.8, 4) is 0 Å². The molecule has 0 aromatic carbocycles. The fourth-order valence-electron chi connectivity index (χ4n) is 2.92. The van der Waals surface area contributed by atoms with Gasteiger partial charge in [-0.1, -0.05) is 6.42 Å². The van der Waals surface area contributed by atoms with Crippen LogP contribution in [0.4, 0.5) is 0 Å². The summed E-state index contributed by atoms with van der Waals surface area (Å²) in [6, 6.07) is 0.485. The van der Waals surface area contributed by atoms with Gasteiger partial charge in [0.15, 0.2) is 0 Å². The molecular formula is C14H26N2O3. The third kappa shape index (κ3) is 4.44. The standard InChI is InChI=1S/C14H26N2O3/c17-11-14(6-9-19-10-7-14)16-13(18)5-4-12-3-1-2-8-15-12/h12,15,17H,1-11H2,(H,16,18). The Morgan fingerprint density at radius 3 is 2.79 bits per heavy atom. The number of nitrogens with one attached hydrogen (secondary N) is 2. The Morgan fingerprint density at radius 1 is 1.37 bits per heavy atom. The van der Waals surface area contributed by atoms with Gasteiger partial charge in [-0.25, -0.2) is 0 Å². The molecule has 0 aliphatic carbocycles. The van der Waals surface area contributed by atoms with Crippen molar-refractivity contribution < 1.29 is 14.6 Å². The lowest BCUT2D eigenvalue weighted by Gasteiger charge is -2.36. The van der Waals surface area contributed by atoms with Gasteiger partial charge in [0.1, 0.15) is 0 Å². The average Bonchev–Trinajstić information content (AvgIpc) is 2.47. The van der Waals surface area contributed by atoms with E-state index >= 15 is 0 Å². The molecule has 2 aliphatic rings. The first-order valence-electron chi connectivity index (χ1n) is 7.47. The first-order chi connectivity index (χ1) is 9.24. The fourth-order valence-corrected chi connectivity index (χ4v) is 2.92. The van der Waals surface area contributed by atoms with Gasteiger partial charge in [0.2, 0.25) is 5.91 Å². The molecule has 2 saturated heterocycles. The van der Waals surface area contributed by atoms with Crippen molar-refractivity contribution in [3.05, 3.63) is 0 Å². The van der Waals surface area contributed by atoms with Crippen LogP contribution in [0, 0.1) is 0 Å². The summed E-state index contributed by atoms with van der Waals surface area (Å²) in [5, 5.41) is 16.0. The van der Waals surface area contributed by atoms with Crippen molar-refractivity contribution >= 4 is 5.91 Å². The molecule has 0 saturated carbocycles. The van der Waals surface area contributed by atoms with E-state index in [1.54, 1.807) is 0 Å². The molecule has 0 aromatic heterocycles. The minimum atomic E-state index is -0.449. The van der Waals surface area contributed by atoms with Crippen molar-refractivity contribution in [1.82, 2.24) is 10.6 Å². The first-order valence-corrected chi connectivity index (χ1v) is 7.47. The van der Waals surface area contributed by atoms with Gasteiger partial charge in [-0.15, -0.1) is 0 Å². The number of aliphatic hydroxyl groups is 1. The van der Waals surface area contributed by atoms with Crippen LogP contribution in [0.25, 0.3) is 0 Å². The second kappa shape index (κ2) is 7.22. The zero-order chi connectivity index (χ0) is 13.6. The zero-order valence-corrected chi connectivity index (χ0v) is 11.6. The Labute approximate surface area is 115 Å². The van der Waals surface area contributed by atoms with Crippen LogP contribution >= 0.6 is 0 Å². The normalized spacial score (nSPS) is 26.9. The quantitative estimate of drug-likeness (QED) is 0.683. The van der Waals surface area contributed by atoms with Gasteiger partial charge >= 0.3 is 0 Å². The highest BCUT2D eigenvalue weighted by Gasteiger charge is 2.33. The Balaban J connectivity index is 1.72. The van der Waals surface area contributed by atoms with Crippen molar-refractivity contribution in [2.45, 2.75) is 56.5 Å². The highest BCUT2D eigenvalue weighted by Crippen LogP contribution is 2.20. The van der Waals surface area contributed by atoms with Crippen LogP contribution in [-0.2, 0) is 9.53 Å². The van der Waals surface area contributed by atoms with Crippen LogP contribution in [0.15, 0.2) is 0 Å². The molecule has 0 radical (unpaired) electrons. The van der Waals surface area contributed by atoms with Crippen LogP contribution < -0.4 is 10.6 Å². The molecule has 19 heavy (non-hydrogen) atoms. The van der Waals surface area contributed by atoms with Crippen molar-refractivity contribution in [3.63, 3.8) is 0 Å². The second-order valence-corrected chi connectivity index (χ2v) is 5.78. The Hall–Kier alpha value is -0.650. The lowest BCUT2D eigenvalue weighted by molar-refractivity contribution is -0.125. The predicted octanol–water partition coefficient (Wildman–Crippen LogP) is 0.566. The van der Waals surface area contributed by atoms with E-state index in [9.17, 15) is 9.90 Å². The van der Waals surface area contributed by atoms with E-state index in [1.807, 2.05) is 0 Å². The van der Waals surface area contributed by atoms with Crippen LogP contribution in [0.2, 0.25) is 0 Å². The summed E-state index contributed by atoms with van der Waals surface area (Å²) >= 11 is 0. The number of rotatable bonds is 5. The van der Waals surface area contributed by atoms with E-state index < -0.39 is 5.54 Å². The number of hydrogen-bond donors (Lipinski definition) is 3. The molecule has 2 rings (SSSR count). The largest absolute Gasteiger partial charge is 0.394 e. The number of amides is 1. The SMILES string of the molecule is O=C(CCC1CCCCN1)NC1(CO)CCOCC1. The number of ether oxygens (including phenoxy) is 1. The molecule has 3 N–H and O–H groups in total. The van der Waals surface area contributed by atoms with E-state index in [4.69, 9.17) is 4.74 Å². The fraction of sp³-hybridized carbons (Fsp3) is 0.929. The molecule has 1 amide bonds.